The summed E-state index contributed by atoms with van der Waals surface area (Å²) in [5, 5.41) is 10.7. The molecule has 0 saturated carbocycles. The van der Waals surface area contributed by atoms with Crippen molar-refractivity contribution >= 4 is 27.5 Å². The van der Waals surface area contributed by atoms with Crippen molar-refractivity contribution in [3.8, 4) is 0 Å². The molecule has 0 unspecified atom stereocenters. The van der Waals surface area contributed by atoms with Crippen LogP contribution in [0.25, 0.3) is 10.2 Å². The number of aromatic carboxylic acids is 1. The topological polar surface area (TPSA) is 85.3 Å². The first kappa shape index (κ1) is 12.6. The lowest BCUT2D eigenvalue weighted by atomic mass is 10.2. The van der Waals surface area contributed by atoms with Crippen LogP contribution in [0.1, 0.15) is 21.9 Å². The van der Waals surface area contributed by atoms with E-state index in [1.165, 1.54) is 22.2 Å². The number of hydrogen-bond donors (Lipinski definition) is 1. The van der Waals surface area contributed by atoms with Gasteiger partial charge in [0.15, 0.2) is 0 Å². The van der Waals surface area contributed by atoms with Gasteiger partial charge in [-0.3, -0.25) is 9.36 Å². The van der Waals surface area contributed by atoms with E-state index in [-0.39, 0.29) is 17.9 Å². The molecule has 0 atom stereocenters. The monoisotopic (exact) mass is 290 g/mol. The summed E-state index contributed by atoms with van der Waals surface area (Å²) in [6, 6.07) is 3.40. The van der Waals surface area contributed by atoms with Crippen molar-refractivity contribution in [1.29, 1.82) is 0 Å². The summed E-state index contributed by atoms with van der Waals surface area (Å²) >= 11 is 1.33. The van der Waals surface area contributed by atoms with Gasteiger partial charge in [-0.15, -0.1) is 11.3 Å². The molecule has 0 spiro atoms. The summed E-state index contributed by atoms with van der Waals surface area (Å²) in [5.74, 6) is -0.800. The van der Waals surface area contributed by atoms with Crippen LogP contribution in [0.5, 0.6) is 0 Å². The molecular formula is C13H10N2O4S. The van der Waals surface area contributed by atoms with Gasteiger partial charge < -0.3 is 9.52 Å². The highest BCUT2D eigenvalue weighted by Crippen LogP contribution is 2.17. The molecule has 0 aliphatic rings. The van der Waals surface area contributed by atoms with Gasteiger partial charge in [0.05, 0.1) is 18.4 Å². The number of hydrogen-bond acceptors (Lipinski definition) is 5. The number of nitrogens with zero attached hydrogens (tertiary/aromatic N) is 2. The van der Waals surface area contributed by atoms with Crippen LogP contribution in [0.4, 0.5) is 0 Å². The number of rotatable bonds is 3. The molecule has 0 saturated heterocycles. The van der Waals surface area contributed by atoms with E-state index >= 15 is 0 Å². The molecule has 0 aromatic carbocycles. The van der Waals surface area contributed by atoms with E-state index in [0.29, 0.717) is 21.5 Å². The third-order valence-corrected chi connectivity index (χ3v) is 3.82. The second kappa shape index (κ2) is 4.61. The molecule has 0 aliphatic carbocycles. The number of thiophene rings is 1. The summed E-state index contributed by atoms with van der Waals surface area (Å²) in [5.41, 5.74) is 1.04. The van der Waals surface area contributed by atoms with Crippen LogP contribution < -0.4 is 5.56 Å². The third kappa shape index (κ3) is 2.01. The lowest BCUT2D eigenvalue weighted by Crippen LogP contribution is -2.19. The van der Waals surface area contributed by atoms with Crippen molar-refractivity contribution in [2.75, 3.05) is 0 Å². The Labute approximate surface area is 116 Å². The van der Waals surface area contributed by atoms with E-state index in [9.17, 15) is 9.59 Å². The maximum absolute atomic E-state index is 12.2. The molecule has 3 aromatic heterocycles. The highest BCUT2D eigenvalue weighted by molar-refractivity contribution is 7.17. The predicted molar refractivity (Wildman–Crippen MR) is 73.4 cm³/mol. The molecule has 0 amide bonds. The van der Waals surface area contributed by atoms with Crippen LogP contribution in [0.3, 0.4) is 0 Å². The molecular weight excluding hydrogens is 280 g/mol. The molecule has 1 N–H and O–H groups in total. The predicted octanol–water partition coefficient (Wildman–Crippen LogP) is 2.11. The van der Waals surface area contributed by atoms with Gasteiger partial charge in [-0.05, 0) is 24.4 Å². The van der Waals surface area contributed by atoms with Crippen LogP contribution in [0.2, 0.25) is 0 Å². The largest absolute Gasteiger partial charge is 0.475 e. The number of furan rings is 1. The quantitative estimate of drug-likeness (QED) is 0.798. The van der Waals surface area contributed by atoms with Crippen LogP contribution in [0.15, 0.2) is 33.1 Å². The molecule has 3 heterocycles. The number of aromatic nitrogens is 2. The zero-order valence-corrected chi connectivity index (χ0v) is 11.3. The summed E-state index contributed by atoms with van der Waals surface area (Å²) < 4.78 is 7.23. The Morgan fingerprint density at radius 2 is 2.35 bits per heavy atom. The molecule has 0 bridgehead atoms. The number of carbonyl (C=O) groups is 1. The Balaban J connectivity index is 2.01. The third-order valence-electron chi connectivity index (χ3n) is 2.92. The van der Waals surface area contributed by atoms with Gasteiger partial charge in [-0.1, -0.05) is 0 Å². The minimum atomic E-state index is -1.12. The van der Waals surface area contributed by atoms with E-state index in [4.69, 9.17) is 9.52 Å². The van der Waals surface area contributed by atoms with Crippen molar-refractivity contribution in [2.45, 2.75) is 13.5 Å². The number of carboxylic acids is 1. The molecule has 20 heavy (non-hydrogen) atoms. The molecule has 102 valence electrons. The van der Waals surface area contributed by atoms with E-state index < -0.39 is 5.97 Å². The second-order valence-corrected chi connectivity index (χ2v) is 5.26. The standard InChI is InChI=1S/C13H10N2O4S/c1-7-4-8(19-10(7)13(17)18)5-15-6-14-9-2-3-20-11(9)12(15)16/h2-4,6H,5H2,1H3,(H,17,18). The van der Waals surface area contributed by atoms with Crippen LogP contribution in [-0.2, 0) is 6.54 Å². The number of aryl methyl sites for hydroxylation is 1. The van der Waals surface area contributed by atoms with Gasteiger partial charge in [0.25, 0.3) is 5.56 Å². The number of fused-ring (bicyclic) bond motifs is 1. The van der Waals surface area contributed by atoms with Crippen LogP contribution >= 0.6 is 11.3 Å². The fraction of sp³-hybridized carbons (Fsp3) is 0.154. The lowest BCUT2D eigenvalue weighted by Gasteiger charge is -2.02. The summed E-state index contributed by atoms with van der Waals surface area (Å²) in [6.07, 6.45) is 1.44. The zero-order chi connectivity index (χ0) is 14.3. The molecule has 0 aliphatic heterocycles. The van der Waals surface area contributed by atoms with Crippen molar-refractivity contribution in [2.24, 2.45) is 0 Å². The maximum atomic E-state index is 12.2. The Bertz CT molecular complexity index is 859. The first-order valence-electron chi connectivity index (χ1n) is 5.81. The Morgan fingerprint density at radius 3 is 3.05 bits per heavy atom. The van der Waals surface area contributed by atoms with Crippen molar-refractivity contribution in [3.05, 3.63) is 51.3 Å². The van der Waals surface area contributed by atoms with Crippen molar-refractivity contribution in [1.82, 2.24) is 9.55 Å². The van der Waals surface area contributed by atoms with Crippen molar-refractivity contribution < 1.29 is 14.3 Å². The van der Waals surface area contributed by atoms with Gasteiger partial charge in [-0.25, -0.2) is 9.78 Å². The minimum absolute atomic E-state index is 0.0989. The molecule has 0 fully saturated rings. The Kier molecular flexibility index (Phi) is 2.90. The second-order valence-electron chi connectivity index (χ2n) is 4.34. The molecule has 3 rings (SSSR count). The van der Waals surface area contributed by atoms with E-state index in [1.54, 1.807) is 19.1 Å². The highest BCUT2D eigenvalue weighted by atomic mass is 32.1. The van der Waals surface area contributed by atoms with E-state index in [0.717, 1.165) is 0 Å². The van der Waals surface area contributed by atoms with Gasteiger partial charge >= 0.3 is 5.97 Å². The average Bonchev–Trinajstić information content (AvgIpc) is 2.99. The van der Waals surface area contributed by atoms with Gasteiger partial charge in [0.2, 0.25) is 5.76 Å². The average molecular weight is 290 g/mol. The van der Waals surface area contributed by atoms with Gasteiger partial charge in [0, 0.05) is 5.56 Å². The molecule has 3 aromatic rings. The van der Waals surface area contributed by atoms with Crippen molar-refractivity contribution in [3.63, 3.8) is 0 Å². The SMILES string of the molecule is Cc1cc(Cn2cnc3ccsc3c2=O)oc1C(=O)O. The van der Waals surface area contributed by atoms with E-state index in [2.05, 4.69) is 4.98 Å². The number of carboxylic acid groups (broad SMARTS) is 1. The van der Waals surface area contributed by atoms with Gasteiger partial charge in [0.1, 0.15) is 10.5 Å². The first-order chi connectivity index (χ1) is 9.56. The normalized spacial score (nSPS) is 11.1. The summed E-state index contributed by atoms with van der Waals surface area (Å²) in [4.78, 5) is 27.3. The Hall–Kier alpha value is -2.41. The highest BCUT2D eigenvalue weighted by Gasteiger charge is 2.15. The zero-order valence-electron chi connectivity index (χ0n) is 10.5. The van der Waals surface area contributed by atoms with Crippen LogP contribution in [0, 0.1) is 6.92 Å². The summed E-state index contributed by atoms with van der Waals surface area (Å²) in [6.45, 7) is 1.81. The van der Waals surface area contributed by atoms with E-state index in [1.807, 2.05) is 5.38 Å². The fourth-order valence-corrected chi connectivity index (χ4v) is 2.79. The molecule has 6 nitrogen and oxygen atoms in total. The minimum Gasteiger partial charge on any atom is -0.475 e. The van der Waals surface area contributed by atoms with Gasteiger partial charge in [-0.2, -0.15) is 0 Å². The smallest absolute Gasteiger partial charge is 0.372 e. The summed E-state index contributed by atoms with van der Waals surface area (Å²) in [7, 11) is 0. The molecule has 0 radical (unpaired) electrons. The fourth-order valence-electron chi connectivity index (χ4n) is 2.00. The maximum Gasteiger partial charge on any atom is 0.372 e. The first-order valence-corrected chi connectivity index (χ1v) is 6.69. The van der Waals surface area contributed by atoms with Crippen LogP contribution in [-0.4, -0.2) is 20.6 Å². The molecule has 7 heteroatoms. The lowest BCUT2D eigenvalue weighted by molar-refractivity contribution is 0.0659. The Morgan fingerprint density at radius 1 is 1.55 bits per heavy atom.